The standard InChI is InChI=1S/C13H21BrN2/c1-5-9(2)16(4)11-6-7-12(10(3)15)13(14)8-11/h6-10H,5,15H2,1-4H3/t9?,10-/m0/s1. The zero-order chi connectivity index (χ0) is 12.3. The normalized spacial score (nSPS) is 14.6. The third kappa shape index (κ3) is 2.98. The molecule has 0 saturated carbocycles. The molecule has 3 heteroatoms. The number of halogens is 1. The Morgan fingerprint density at radius 1 is 1.38 bits per heavy atom. The fraction of sp³-hybridized carbons (Fsp3) is 0.538. The molecular formula is C13H21BrN2. The summed E-state index contributed by atoms with van der Waals surface area (Å²) in [6.07, 6.45) is 1.14. The van der Waals surface area contributed by atoms with Gasteiger partial charge in [0.1, 0.15) is 0 Å². The Balaban J connectivity index is 2.97. The Bertz CT molecular complexity index is 350. The van der Waals surface area contributed by atoms with Gasteiger partial charge in [0.15, 0.2) is 0 Å². The van der Waals surface area contributed by atoms with Crippen LogP contribution < -0.4 is 10.6 Å². The first-order valence-electron chi connectivity index (χ1n) is 5.75. The summed E-state index contributed by atoms with van der Waals surface area (Å²) < 4.78 is 1.09. The molecule has 1 unspecified atom stereocenters. The van der Waals surface area contributed by atoms with E-state index in [-0.39, 0.29) is 6.04 Å². The highest BCUT2D eigenvalue weighted by Gasteiger charge is 2.11. The maximum Gasteiger partial charge on any atom is 0.0377 e. The van der Waals surface area contributed by atoms with Gasteiger partial charge in [-0.1, -0.05) is 28.9 Å². The van der Waals surface area contributed by atoms with Crippen LogP contribution in [0.5, 0.6) is 0 Å². The van der Waals surface area contributed by atoms with Crippen molar-refractivity contribution < 1.29 is 0 Å². The fourth-order valence-corrected chi connectivity index (χ4v) is 2.36. The summed E-state index contributed by atoms with van der Waals surface area (Å²) in [6.45, 7) is 6.43. The van der Waals surface area contributed by atoms with Crippen molar-refractivity contribution in [2.75, 3.05) is 11.9 Å². The zero-order valence-electron chi connectivity index (χ0n) is 10.5. The summed E-state index contributed by atoms with van der Waals surface area (Å²) in [7, 11) is 2.13. The quantitative estimate of drug-likeness (QED) is 0.914. The van der Waals surface area contributed by atoms with Gasteiger partial charge in [-0.2, -0.15) is 0 Å². The van der Waals surface area contributed by atoms with Crippen LogP contribution in [0.3, 0.4) is 0 Å². The topological polar surface area (TPSA) is 29.3 Å². The van der Waals surface area contributed by atoms with Gasteiger partial charge in [-0.25, -0.2) is 0 Å². The number of hydrogen-bond acceptors (Lipinski definition) is 2. The number of nitrogens with zero attached hydrogens (tertiary/aromatic N) is 1. The molecule has 0 bridgehead atoms. The van der Waals surface area contributed by atoms with Crippen molar-refractivity contribution in [1.82, 2.24) is 0 Å². The van der Waals surface area contributed by atoms with Crippen LogP contribution in [0.4, 0.5) is 5.69 Å². The molecule has 2 N–H and O–H groups in total. The van der Waals surface area contributed by atoms with Crippen molar-refractivity contribution in [2.45, 2.75) is 39.3 Å². The summed E-state index contributed by atoms with van der Waals surface area (Å²) in [5.41, 5.74) is 8.26. The van der Waals surface area contributed by atoms with E-state index in [9.17, 15) is 0 Å². The van der Waals surface area contributed by atoms with Gasteiger partial charge in [0.2, 0.25) is 0 Å². The molecule has 0 saturated heterocycles. The molecule has 1 rings (SSSR count). The summed E-state index contributed by atoms with van der Waals surface area (Å²) in [5, 5.41) is 0. The molecule has 0 aromatic heterocycles. The molecule has 0 aliphatic heterocycles. The Kier molecular flexibility index (Phi) is 4.81. The molecule has 0 radical (unpaired) electrons. The molecule has 1 aromatic rings. The van der Waals surface area contributed by atoms with Gasteiger partial charge < -0.3 is 10.6 Å². The minimum Gasteiger partial charge on any atom is -0.372 e. The third-order valence-electron chi connectivity index (χ3n) is 3.13. The fourth-order valence-electron chi connectivity index (χ4n) is 1.63. The molecule has 90 valence electrons. The van der Waals surface area contributed by atoms with Crippen LogP contribution in [0.25, 0.3) is 0 Å². The van der Waals surface area contributed by atoms with E-state index >= 15 is 0 Å². The van der Waals surface area contributed by atoms with Crippen molar-refractivity contribution in [3.63, 3.8) is 0 Å². The molecule has 0 spiro atoms. The largest absolute Gasteiger partial charge is 0.372 e. The second-order valence-electron chi connectivity index (χ2n) is 4.36. The van der Waals surface area contributed by atoms with Crippen LogP contribution in [-0.2, 0) is 0 Å². The predicted molar refractivity (Wildman–Crippen MR) is 74.9 cm³/mol. The van der Waals surface area contributed by atoms with Crippen molar-refractivity contribution in [2.24, 2.45) is 5.73 Å². The van der Waals surface area contributed by atoms with Crippen molar-refractivity contribution in [1.29, 1.82) is 0 Å². The first kappa shape index (κ1) is 13.5. The van der Waals surface area contributed by atoms with E-state index in [1.54, 1.807) is 0 Å². The maximum absolute atomic E-state index is 5.88. The van der Waals surface area contributed by atoms with Crippen molar-refractivity contribution in [3.8, 4) is 0 Å². The molecule has 0 aliphatic rings. The average Bonchev–Trinajstić information content (AvgIpc) is 2.26. The lowest BCUT2D eigenvalue weighted by Gasteiger charge is -2.26. The summed E-state index contributed by atoms with van der Waals surface area (Å²) in [6, 6.07) is 6.99. The molecule has 2 atom stereocenters. The number of nitrogens with two attached hydrogens (primary N) is 1. The Morgan fingerprint density at radius 2 is 2.00 bits per heavy atom. The first-order valence-corrected chi connectivity index (χ1v) is 6.54. The van der Waals surface area contributed by atoms with Gasteiger partial charge in [-0.05, 0) is 38.0 Å². The van der Waals surface area contributed by atoms with E-state index in [2.05, 4.69) is 59.9 Å². The SMILES string of the molecule is CCC(C)N(C)c1ccc([C@H](C)N)c(Br)c1. The molecule has 1 aromatic carbocycles. The molecule has 16 heavy (non-hydrogen) atoms. The minimum absolute atomic E-state index is 0.0670. The van der Waals surface area contributed by atoms with E-state index in [0.29, 0.717) is 6.04 Å². The number of anilines is 1. The van der Waals surface area contributed by atoms with Gasteiger partial charge in [0.05, 0.1) is 0 Å². The average molecular weight is 285 g/mol. The molecular weight excluding hydrogens is 264 g/mol. The highest BCUT2D eigenvalue weighted by molar-refractivity contribution is 9.10. The van der Waals surface area contributed by atoms with Gasteiger partial charge in [0.25, 0.3) is 0 Å². The zero-order valence-corrected chi connectivity index (χ0v) is 12.1. The molecule has 0 amide bonds. The number of benzene rings is 1. The highest BCUT2D eigenvalue weighted by atomic mass is 79.9. The van der Waals surface area contributed by atoms with Gasteiger partial charge in [0, 0.05) is 29.3 Å². The maximum atomic E-state index is 5.88. The van der Waals surface area contributed by atoms with Crippen LogP contribution >= 0.6 is 15.9 Å². The summed E-state index contributed by atoms with van der Waals surface area (Å²) in [5.74, 6) is 0. The van der Waals surface area contributed by atoms with E-state index in [1.807, 2.05) is 6.92 Å². The van der Waals surface area contributed by atoms with Gasteiger partial charge >= 0.3 is 0 Å². The first-order chi connectivity index (χ1) is 7.47. The van der Waals surface area contributed by atoms with Gasteiger partial charge in [-0.3, -0.25) is 0 Å². The molecule has 0 aliphatic carbocycles. The van der Waals surface area contributed by atoms with E-state index < -0.39 is 0 Å². The van der Waals surface area contributed by atoms with Crippen LogP contribution in [0.2, 0.25) is 0 Å². The molecule has 0 fully saturated rings. The lowest BCUT2D eigenvalue weighted by molar-refractivity contribution is 0.663. The van der Waals surface area contributed by atoms with Crippen LogP contribution in [0, 0.1) is 0 Å². The Morgan fingerprint density at radius 3 is 2.44 bits per heavy atom. The smallest absolute Gasteiger partial charge is 0.0377 e. The lowest BCUT2D eigenvalue weighted by atomic mass is 10.1. The Hall–Kier alpha value is -0.540. The highest BCUT2D eigenvalue weighted by Crippen LogP contribution is 2.27. The molecule has 2 nitrogen and oxygen atoms in total. The van der Waals surface area contributed by atoms with Crippen LogP contribution in [0.15, 0.2) is 22.7 Å². The summed E-state index contributed by atoms with van der Waals surface area (Å²) >= 11 is 3.58. The van der Waals surface area contributed by atoms with Gasteiger partial charge in [-0.15, -0.1) is 0 Å². The van der Waals surface area contributed by atoms with Crippen LogP contribution in [0.1, 0.15) is 38.8 Å². The number of rotatable bonds is 4. The number of hydrogen-bond donors (Lipinski definition) is 1. The van der Waals surface area contributed by atoms with Crippen LogP contribution in [-0.4, -0.2) is 13.1 Å². The molecule has 0 heterocycles. The van der Waals surface area contributed by atoms with E-state index in [0.717, 1.165) is 16.5 Å². The second-order valence-corrected chi connectivity index (χ2v) is 5.22. The lowest BCUT2D eigenvalue weighted by Crippen LogP contribution is -2.27. The monoisotopic (exact) mass is 284 g/mol. The van der Waals surface area contributed by atoms with Crippen molar-refractivity contribution in [3.05, 3.63) is 28.2 Å². The minimum atomic E-state index is 0.0670. The van der Waals surface area contributed by atoms with Crippen molar-refractivity contribution >= 4 is 21.6 Å². The van der Waals surface area contributed by atoms with E-state index in [1.165, 1.54) is 5.69 Å². The predicted octanol–water partition coefficient (Wildman–Crippen LogP) is 3.70. The Labute approximate surface area is 107 Å². The third-order valence-corrected chi connectivity index (χ3v) is 3.82. The second kappa shape index (κ2) is 5.69. The van der Waals surface area contributed by atoms with E-state index in [4.69, 9.17) is 5.73 Å². The summed E-state index contributed by atoms with van der Waals surface area (Å²) in [4.78, 5) is 2.29.